The van der Waals surface area contributed by atoms with Crippen LogP contribution in [0.25, 0.3) is 0 Å². The molecule has 1 aromatic carbocycles. The summed E-state index contributed by atoms with van der Waals surface area (Å²) in [7, 11) is 0. The van der Waals surface area contributed by atoms with Gasteiger partial charge in [0.15, 0.2) is 0 Å². The van der Waals surface area contributed by atoms with Gasteiger partial charge in [-0.1, -0.05) is 6.07 Å². The number of nitrogens with zero attached hydrogens (tertiary/aromatic N) is 2. The molecule has 2 fully saturated rings. The number of ether oxygens (including phenoxy) is 1. The molecule has 0 bridgehead atoms. The van der Waals surface area contributed by atoms with E-state index >= 15 is 0 Å². The Morgan fingerprint density at radius 1 is 1.54 bits per heavy atom. The van der Waals surface area contributed by atoms with Gasteiger partial charge in [-0.3, -0.25) is 4.90 Å². The third-order valence-corrected chi connectivity index (χ3v) is 5.41. The van der Waals surface area contributed by atoms with Gasteiger partial charge in [-0.05, 0) is 54.4 Å². The lowest BCUT2D eigenvalue weighted by atomic mass is 9.92. The van der Waals surface area contributed by atoms with Gasteiger partial charge in [-0.15, -0.1) is 11.8 Å². The summed E-state index contributed by atoms with van der Waals surface area (Å²) in [5.74, 6) is 0.461. The van der Waals surface area contributed by atoms with Crippen LogP contribution in [0.15, 0.2) is 23.2 Å². The molecule has 3 rings (SSSR count). The van der Waals surface area contributed by atoms with E-state index in [2.05, 4.69) is 22.4 Å². The molecule has 0 spiro atoms. The molecule has 5 nitrogen and oxygen atoms in total. The van der Waals surface area contributed by atoms with E-state index in [9.17, 15) is 14.3 Å². The molecule has 0 radical (unpaired) electrons. The Morgan fingerprint density at radius 2 is 2.38 bits per heavy atom. The molecule has 8 heteroatoms. The Bertz CT molecular complexity index is 681. The first-order valence-corrected chi connectivity index (χ1v) is 9.15. The summed E-state index contributed by atoms with van der Waals surface area (Å²) in [6.07, 6.45) is 0.462. The van der Waals surface area contributed by atoms with Gasteiger partial charge in [0.2, 0.25) is 0 Å². The Hall–Kier alpha value is -1.47. The zero-order chi connectivity index (χ0) is 17.1. The minimum atomic E-state index is -0.517. The Morgan fingerprint density at radius 3 is 3.08 bits per heavy atom. The highest BCUT2D eigenvalue weighted by molar-refractivity contribution is 7.99. The van der Waals surface area contributed by atoms with Crippen LogP contribution in [0.4, 0.5) is 14.9 Å². The minimum absolute atomic E-state index is 0.00510. The molecule has 2 heterocycles. The van der Waals surface area contributed by atoms with Gasteiger partial charge in [0.05, 0.1) is 29.4 Å². The van der Waals surface area contributed by atoms with Crippen LogP contribution in [0.5, 0.6) is 0 Å². The number of aliphatic hydroxyl groups is 1. The summed E-state index contributed by atoms with van der Waals surface area (Å²) < 4.78 is 19.7. The number of benzene rings is 1. The van der Waals surface area contributed by atoms with Gasteiger partial charge in [-0.2, -0.15) is 0 Å². The molecule has 0 aromatic heterocycles. The summed E-state index contributed by atoms with van der Waals surface area (Å²) in [5, 5.41) is 12.0. The zero-order valence-corrected chi connectivity index (χ0v) is 14.5. The first kappa shape index (κ1) is 17.4. The SMILES string of the molecule is O=C1OC(CN=C=S)CN1c1ccc([C@@H]2CCS[C@H](O)C2)c(F)c1. The van der Waals surface area contributed by atoms with E-state index in [1.54, 1.807) is 12.1 Å². The van der Waals surface area contributed by atoms with Crippen LogP contribution < -0.4 is 4.90 Å². The number of thiocarbonyl (C=S) groups is 1. The number of aliphatic hydroxyl groups excluding tert-OH is 1. The molecule has 1 amide bonds. The third-order valence-electron chi connectivity index (χ3n) is 4.23. The molecule has 128 valence electrons. The molecule has 2 saturated heterocycles. The van der Waals surface area contributed by atoms with Crippen LogP contribution in [0.1, 0.15) is 24.3 Å². The lowest BCUT2D eigenvalue weighted by molar-refractivity contribution is 0.145. The van der Waals surface area contributed by atoms with Gasteiger partial charge < -0.3 is 9.84 Å². The standard InChI is InChI=1S/C16H17FN2O3S2/c17-14-6-11(19-8-12(7-18-9-23)22-16(19)21)1-2-13(14)10-3-4-24-15(20)5-10/h1-2,6,10,12,15,20H,3-5,7-8H2/t10-,12?,15+/m1/s1. The fraction of sp³-hybridized carbons (Fsp3) is 0.500. The first-order chi connectivity index (χ1) is 11.6. The number of rotatable bonds is 4. The molecule has 24 heavy (non-hydrogen) atoms. The van der Waals surface area contributed by atoms with Crippen LogP contribution in [-0.2, 0) is 4.74 Å². The predicted octanol–water partition coefficient (Wildman–Crippen LogP) is 3.18. The van der Waals surface area contributed by atoms with E-state index in [0.717, 1.165) is 12.2 Å². The van der Waals surface area contributed by atoms with Crippen LogP contribution in [0.3, 0.4) is 0 Å². The predicted molar refractivity (Wildman–Crippen MR) is 94.3 cm³/mol. The van der Waals surface area contributed by atoms with Crippen molar-refractivity contribution in [1.82, 2.24) is 0 Å². The number of halogens is 1. The van der Waals surface area contributed by atoms with E-state index in [0.29, 0.717) is 24.2 Å². The average molecular weight is 368 g/mol. The molecule has 1 aromatic rings. The maximum absolute atomic E-state index is 14.5. The Kier molecular flexibility index (Phi) is 5.50. The molecule has 0 aliphatic carbocycles. The lowest BCUT2D eigenvalue weighted by Crippen LogP contribution is -2.25. The highest BCUT2D eigenvalue weighted by Gasteiger charge is 2.33. The molecule has 1 unspecified atom stereocenters. The van der Waals surface area contributed by atoms with Gasteiger partial charge in [-0.25, -0.2) is 14.2 Å². The number of cyclic esters (lactones) is 1. The van der Waals surface area contributed by atoms with E-state index in [1.807, 2.05) is 0 Å². The Balaban J connectivity index is 1.75. The van der Waals surface area contributed by atoms with Crippen molar-refractivity contribution in [1.29, 1.82) is 0 Å². The number of hydrogen-bond acceptors (Lipinski definition) is 6. The number of carbonyl (C=O) groups excluding carboxylic acids is 1. The number of amides is 1. The molecular formula is C16H17FN2O3S2. The second-order valence-electron chi connectivity index (χ2n) is 5.80. The third kappa shape index (κ3) is 3.78. The molecule has 3 atom stereocenters. The monoisotopic (exact) mass is 368 g/mol. The van der Waals surface area contributed by atoms with Crippen LogP contribution in [-0.4, -0.2) is 46.7 Å². The van der Waals surface area contributed by atoms with Gasteiger partial charge >= 0.3 is 6.09 Å². The topological polar surface area (TPSA) is 62.1 Å². The number of thioether (sulfide) groups is 1. The van der Waals surface area contributed by atoms with Crippen molar-refractivity contribution in [2.45, 2.75) is 30.3 Å². The van der Waals surface area contributed by atoms with Crippen molar-refractivity contribution in [3.63, 3.8) is 0 Å². The lowest BCUT2D eigenvalue weighted by Gasteiger charge is -2.26. The van der Waals surface area contributed by atoms with Gasteiger partial charge in [0.1, 0.15) is 11.9 Å². The molecule has 2 aliphatic rings. The van der Waals surface area contributed by atoms with Gasteiger partial charge in [0, 0.05) is 0 Å². The molecule has 1 N–H and O–H groups in total. The second kappa shape index (κ2) is 7.61. The van der Waals surface area contributed by atoms with Crippen LogP contribution in [0.2, 0.25) is 0 Å². The second-order valence-corrected chi connectivity index (χ2v) is 7.27. The van der Waals surface area contributed by atoms with E-state index in [4.69, 9.17) is 4.74 Å². The van der Waals surface area contributed by atoms with Crippen molar-refractivity contribution in [3.05, 3.63) is 29.6 Å². The summed E-state index contributed by atoms with van der Waals surface area (Å²) >= 11 is 6.00. The molecular weight excluding hydrogens is 351 g/mol. The smallest absolute Gasteiger partial charge is 0.414 e. The quantitative estimate of drug-likeness (QED) is 0.653. The fourth-order valence-electron chi connectivity index (χ4n) is 3.04. The number of anilines is 1. The highest BCUT2D eigenvalue weighted by atomic mass is 32.2. The first-order valence-electron chi connectivity index (χ1n) is 7.69. The van der Waals surface area contributed by atoms with Crippen molar-refractivity contribution < 1.29 is 19.0 Å². The van der Waals surface area contributed by atoms with E-state index in [1.165, 1.54) is 22.7 Å². The summed E-state index contributed by atoms with van der Waals surface area (Å²) in [6, 6.07) is 4.78. The molecule has 2 aliphatic heterocycles. The van der Waals surface area contributed by atoms with Crippen molar-refractivity contribution in [2.75, 3.05) is 23.7 Å². The molecule has 0 saturated carbocycles. The fourth-order valence-corrected chi connectivity index (χ4v) is 4.18. The highest BCUT2D eigenvalue weighted by Crippen LogP contribution is 2.37. The minimum Gasteiger partial charge on any atom is -0.442 e. The summed E-state index contributed by atoms with van der Waals surface area (Å²) in [4.78, 5) is 17.1. The number of carbonyl (C=O) groups is 1. The van der Waals surface area contributed by atoms with Crippen molar-refractivity contribution in [2.24, 2.45) is 4.99 Å². The maximum Gasteiger partial charge on any atom is 0.414 e. The van der Waals surface area contributed by atoms with E-state index in [-0.39, 0.29) is 18.3 Å². The van der Waals surface area contributed by atoms with E-state index < -0.39 is 17.6 Å². The van der Waals surface area contributed by atoms with Crippen molar-refractivity contribution >= 4 is 40.9 Å². The van der Waals surface area contributed by atoms with Gasteiger partial charge in [0.25, 0.3) is 0 Å². The average Bonchev–Trinajstić information content (AvgIpc) is 2.93. The number of hydrogen-bond donors (Lipinski definition) is 1. The summed E-state index contributed by atoms with van der Waals surface area (Å²) in [5.41, 5.74) is 0.604. The van der Waals surface area contributed by atoms with Crippen LogP contribution in [0, 0.1) is 5.82 Å². The summed E-state index contributed by atoms with van der Waals surface area (Å²) in [6.45, 7) is 0.556. The van der Waals surface area contributed by atoms with Crippen LogP contribution >= 0.6 is 24.0 Å². The zero-order valence-electron chi connectivity index (χ0n) is 12.9. The number of aliphatic imine (C=N–C) groups is 1. The normalized spacial score (nSPS) is 26.8. The maximum atomic E-state index is 14.5. The largest absolute Gasteiger partial charge is 0.442 e. The van der Waals surface area contributed by atoms with Crippen molar-refractivity contribution in [3.8, 4) is 0 Å². The number of isothiocyanates is 1. The Labute approximate surface area is 148 Å².